The molecule has 0 aliphatic carbocycles. The Balaban J connectivity index is 2.25. The van der Waals surface area contributed by atoms with Gasteiger partial charge in [-0.15, -0.1) is 0 Å². The van der Waals surface area contributed by atoms with Crippen molar-refractivity contribution in [3.8, 4) is 11.1 Å². The SMILES string of the molecule is O=c1[nH]cccc1-c1ccc2ccccc2c1. The van der Waals surface area contributed by atoms with Crippen molar-refractivity contribution < 1.29 is 0 Å². The Morgan fingerprint density at radius 1 is 0.824 bits per heavy atom. The third-order valence-electron chi connectivity index (χ3n) is 2.88. The topological polar surface area (TPSA) is 32.9 Å². The number of rotatable bonds is 1. The normalized spacial score (nSPS) is 10.6. The van der Waals surface area contributed by atoms with E-state index in [9.17, 15) is 4.79 Å². The molecule has 0 aliphatic heterocycles. The summed E-state index contributed by atoms with van der Waals surface area (Å²) in [6.07, 6.45) is 1.65. The van der Waals surface area contributed by atoms with E-state index in [1.807, 2.05) is 42.5 Å². The van der Waals surface area contributed by atoms with Crippen molar-refractivity contribution in [3.05, 3.63) is 71.1 Å². The average molecular weight is 221 g/mol. The van der Waals surface area contributed by atoms with Gasteiger partial charge in [0.2, 0.25) is 0 Å². The zero-order valence-corrected chi connectivity index (χ0v) is 9.18. The van der Waals surface area contributed by atoms with Crippen LogP contribution in [0.1, 0.15) is 0 Å². The van der Waals surface area contributed by atoms with Gasteiger partial charge in [-0.1, -0.05) is 36.4 Å². The molecule has 0 radical (unpaired) electrons. The van der Waals surface area contributed by atoms with Crippen LogP contribution in [0.5, 0.6) is 0 Å². The minimum Gasteiger partial charge on any atom is -0.329 e. The molecule has 0 bridgehead atoms. The van der Waals surface area contributed by atoms with Gasteiger partial charge in [0.1, 0.15) is 0 Å². The quantitative estimate of drug-likeness (QED) is 0.672. The second-order valence-electron chi connectivity index (χ2n) is 3.97. The van der Waals surface area contributed by atoms with Crippen molar-refractivity contribution in [2.75, 3.05) is 0 Å². The molecule has 0 aliphatic rings. The predicted octanol–water partition coefficient (Wildman–Crippen LogP) is 3.20. The van der Waals surface area contributed by atoms with Crippen LogP contribution in [-0.2, 0) is 0 Å². The number of aromatic nitrogens is 1. The molecule has 0 atom stereocenters. The highest BCUT2D eigenvalue weighted by molar-refractivity contribution is 5.87. The third kappa shape index (κ3) is 1.74. The van der Waals surface area contributed by atoms with Gasteiger partial charge in [0.05, 0.1) is 0 Å². The maximum Gasteiger partial charge on any atom is 0.255 e. The van der Waals surface area contributed by atoms with Crippen LogP contribution in [0.25, 0.3) is 21.9 Å². The third-order valence-corrected chi connectivity index (χ3v) is 2.88. The molecular weight excluding hydrogens is 210 g/mol. The maximum atomic E-state index is 11.7. The summed E-state index contributed by atoms with van der Waals surface area (Å²) < 4.78 is 0. The van der Waals surface area contributed by atoms with Crippen molar-refractivity contribution in [1.29, 1.82) is 0 Å². The highest BCUT2D eigenvalue weighted by atomic mass is 16.1. The van der Waals surface area contributed by atoms with Gasteiger partial charge >= 0.3 is 0 Å². The van der Waals surface area contributed by atoms with Gasteiger partial charge in [0.25, 0.3) is 5.56 Å². The van der Waals surface area contributed by atoms with Crippen LogP contribution in [0.15, 0.2) is 65.6 Å². The molecule has 0 spiro atoms. The summed E-state index contributed by atoms with van der Waals surface area (Å²) in [5.41, 5.74) is 1.60. The minimum atomic E-state index is -0.0530. The standard InChI is InChI=1S/C15H11NO/c17-15-14(6-3-9-16-15)13-8-7-11-4-1-2-5-12(11)10-13/h1-10H,(H,16,17). The maximum absolute atomic E-state index is 11.7. The summed E-state index contributed by atoms with van der Waals surface area (Å²) in [5, 5.41) is 2.33. The summed E-state index contributed by atoms with van der Waals surface area (Å²) in [4.78, 5) is 14.4. The Morgan fingerprint density at radius 2 is 1.65 bits per heavy atom. The Morgan fingerprint density at radius 3 is 2.47 bits per heavy atom. The lowest BCUT2D eigenvalue weighted by Gasteiger charge is -2.02. The average Bonchev–Trinajstić information content (AvgIpc) is 2.39. The summed E-state index contributed by atoms with van der Waals surface area (Å²) >= 11 is 0. The van der Waals surface area contributed by atoms with E-state index >= 15 is 0 Å². The molecule has 82 valence electrons. The van der Waals surface area contributed by atoms with E-state index < -0.39 is 0 Å². The van der Waals surface area contributed by atoms with Crippen LogP contribution in [-0.4, -0.2) is 4.98 Å². The first-order chi connectivity index (χ1) is 8.34. The molecule has 2 aromatic carbocycles. The number of pyridine rings is 1. The van der Waals surface area contributed by atoms with E-state index in [1.54, 1.807) is 6.20 Å². The van der Waals surface area contributed by atoms with E-state index in [4.69, 9.17) is 0 Å². The number of fused-ring (bicyclic) bond motifs is 1. The minimum absolute atomic E-state index is 0.0530. The first-order valence-electron chi connectivity index (χ1n) is 5.51. The summed E-state index contributed by atoms with van der Waals surface area (Å²) in [6, 6.07) is 17.9. The fraction of sp³-hybridized carbons (Fsp3) is 0. The van der Waals surface area contributed by atoms with Gasteiger partial charge in [-0.2, -0.15) is 0 Å². The molecule has 0 saturated carbocycles. The lowest BCUT2D eigenvalue weighted by atomic mass is 10.0. The highest BCUT2D eigenvalue weighted by Crippen LogP contribution is 2.21. The van der Waals surface area contributed by atoms with Gasteiger partial charge in [-0.3, -0.25) is 4.79 Å². The first kappa shape index (κ1) is 9.85. The van der Waals surface area contributed by atoms with Crippen LogP contribution in [0.4, 0.5) is 0 Å². The fourth-order valence-electron chi connectivity index (χ4n) is 2.01. The van der Waals surface area contributed by atoms with E-state index in [2.05, 4.69) is 17.1 Å². The number of aromatic amines is 1. The predicted molar refractivity (Wildman–Crippen MR) is 70.0 cm³/mol. The van der Waals surface area contributed by atoms with Gasteiger partial charge in [0.15, 0.2) is 0 Å². The number of nitrogens with one attached hydrogen (secondary N) is 1. The second-order valence-corrected chi connectivity index (χ2v) is 3.97. The molecule has 3 rings (SSSR count). The largest absolute Gasteiger partial charge is 0.329 e. The smallest absolute Gasteiger partial charge is 0.255 e. The number of H-pyrrole nitrogens is 1. The molecule has 0 fully saturated rings. The Hall–Kier alpha value is -2.35. The number of hydrogen-bond acceptors (Lipinski definition) is 1. The Bertz CT molecular complexity index is 728. The van der Waals surface area contributed by atoms with E-state index in [0.717, 1.165) is 10.9 Å². The van der Waals surface area contributed by atoms with Crippen LogP contribution in [0.2, 0.25) is 0 Å². The molecule has 1 heterocycles. The van der Waals surface area contributed by atoms with Crippen LogP contribution in [0, 0.1) is 0 Å². The molecule has 0 unspecified atom stereocenters. The van der Waals surface area contributed by atoms with Crippen molar-refractivity contribution in [3.63, 3.8) is 0 Å². The second kappa shape index (κ2) is 3.91. The van der Waals surface area contributed by atoms with Gasteiger partial charge in [-0.05, 0) is 34.5 Å². The van der Waals surface area contributed by atoms with Crippen LogP contribution >= 0.6 is 0 Å². The van der Waals surface area contributed by atoms with E-state index in [0.29, 0.717) is 5.56 Å². The first-order valence-corrected chi connectivity index (χ1v) is 5.51. The molecule has 3 aromatic rings. The molecule has 1 N–H and O–H groups in total. The fourth-order valence-corrected chi connectivity index (χ4v) is 2.01. The molecule has 0 amide bonds. The molecule has 0 saturated heterocycles. The Kier molecular flexibility index (Phi) is 2.26. The summed E-state index contributed by atoms with van der Waals surface area (Å²) in [6.45, 7) is 0. The van der Waals surface area contributed by atoms with Crippen molar-refractivity contribution >= 4 is 10.8 Å². The van der Waals surface area contributed by atoms with Crippen molar-refractivity contribution in [1.82, 2.24) is 4.98 Å². The van der Waals surface area contributed by atoms with Gasteiger partial charge in [0, 0.05) is 11.8 Å². The van der Waals surface area contributed by atoms with Crippen molar-refractivity contribution in [2.24, 2.45) is 0 Å². The highest BCUT2D eigenvalue weighted by Gasteiger charge is 2.02. The molecule has 2 nitrogen and oxygen atoms in total. The lowest BCUT2D eigenvalue weighted by molar-refractivity contribution is 1.24. The molecule has 17 heavy (non-hydrogen) atoms. The van der Waals surface area contributed by atoms with Gasteiger partial charge in [-0.25, -0.2) is 0 Å². The van der Waals surface area contributed by atoms with Crippen LogP contribution < -0.4 is 5.56 Å². The number of hydrogen-bond donors (Lipinski definition) is 1. The monoisotopic (exact) mass is 221 g/mol. The number of benzene rings is 2. The molecular formula is C15H11NO. The molecule has 1 aromatic heterocycles. The summed E-state index contributed by atoms with van der Waals surface area (Å²) in [7, 11) is 0. The Labute approximate surface area is 98.6 Å². The lowest BCUT2D eigenvalue weighted by Crippen LogP contribution is -2.06. The summed E-state index contributed by atoms with van der Waals surface area (Å²) in [5.74, 6) is 0. The van der Waals surface area contributed by atoms with E-state index in [1.165, 1.54) is 5.39 Å². The van der Waals surface area contributed by atoms with Crippen molar-refractivity contribution in [2.45, 2.75) is 0 Å². The molecule has 2 heteroatoms. The van der Waals surface area contributed by atoms with Gasteiger partial charge < -0.3 is 4.98 Å². The van der Waals surface area contributed by atoms with Crippen LogP contribution in [0.3, 0.4) is 0 Å². The van der Waals surface area contributed by atoms with E-state index in [-0.39, 0.29) is 5.56 Å². The zero-order chi connectivity index (χ0) is 11.7. The zero-order valence-electron chi connectivity index (χ0n) is 9.18.